The number of rotatable bonds is 10. The summed E-state index contributed by atoms with van der Waals surface area (Å²) in [6, 6.07) is 10.9. The largest absolute Gasteiger partial charge is 0.478 e. The number of benzene rings is 2. The minimum Gasteiger partial charge on any atom is -0.478 e. The van der Waals surface area contributed by atoms with Crippen LogP contribution in [0.5, 0.6) is 0 Å². The van der Waals surface area contributed by atoms with Gasteiger partial charge in [0.1, 0.15) is 0 Å². The van der Waals surface area contributed by atoms with Crippen LogP contribution >= 0.6 is 0 Å². The molecule has 0 saturated heterocycles. The fraction of sp³-hybridized carbons (Fsp3) is 0.238. The third-order valence-corrected chi connectivity index (χ3v) is 3.99. The second kappa shape index (κ2) is 10.6. The molecule has 0 aliphatic rings. The molecule has 2 aromatic rings. The molecule has 2 aromatic carbocycles. The number of carboxylic acid groups (broad SMARTS) is 2. The van der Waals surface area contributed by atoms with Gasteiger partial charge in [0.15, 0.2) is 0 Å². The van der Waals surface area contributed by atoms with Crippen LogP contribution in [0.2, 0.25) is 0 Å². The molecule has 0 aliphatic carbocycles. The van der Waals surface area contributed by atoms with Crippen LogP contribution in [0, 0.1) is 0 Å². The predicted molar refractivity (Wildman–Crippen MR) is 101 cm³/mol. The van der Waals surface area contributed by atoms with Gasteiger partial charge in [0.25, 0.3) is 0 Å². The van der Waals surface area contributed by atoms with E-state index in [0.29, 0.717) is 19.3 Å². The smallest absolute Gasteiger partial charge is 0.338 e. The minimum atomic E-state index is -1.07. The average molecular weight is 400 g/mol. The fourth-order valence-electron chi connectivity index (χ4n) is 2.38. The third kappa shape index (κ3) is 6.76. The molecule has 2 N–H and O–H groups in total. The van der Waals surface area contributed by atoms with E-state index in [4.69, 9.17) is 19.7 Å². The number of hydrogen-bond donors (Lipinski definition) is 2. The van der Waals surface area contributed by atoms with Crippen molar-refractivity contribution in [2.75, 3.05) is 13.2 Å². The van der Waals surface area contributed by atoms with Crippen LogP contribution in [0.4, 0.5) is 0 Å². The molecular formula is C21H20O8. The van der Waals surface area contributed by atoms with Crippen molar-refractivity contribution >= 4 is 23.9 Å². The van der Waals surface area contributed by atoms with Crippen molar-refractivity contribution < 1.29 is 38.9 Å². The number of carbonyl (C=O) groups is 4. The Morgan fingerprint density at radius 2 is 0.862 bits per heavy atom. The Morgan fingerprint density at radius 1 is 0.552 bits per heavy atom. The van der Waals surface area contributed by atoms with Gasteiger partial charge in [-0.25, -0.2) is 19.2 Å². The first-order chi connectivity index (χ1) is 13.9. The Balaban J connectivity index is 1.60. The van der Waals surface area contributed by atoms with Crippen molar-refractivity contribution in [2.24, 2.45) is 0 Å². The van der Waals surface area contributed by atoms with E-state index in [0.717, 1.165) is 0 Å². The number of ether oxygens (including phenoxy) is 2. The summed E-state index contributed by atoms with van der Waals surface area (Å²) >= 11 is 0. The van der Waals surface area contributed by atoms with Gasteiger partial charge >= 0.3 is 23.9 Å². The molecule has 0 aromatic heterocycles. The SMILES string of the molecule is O=C(O)c1ccc(C(=O)OCCCCCOC(=O)c2ccc(C(=O)O)cc2)cc1. The summed E-state index contributed by atoms with van der Waals surface area (Å²) < 4.78 is 10.2. The van der Waals surface area contributed by atoms with Gasteiger partial charge in [-0.2, -0.15) is 0 Å². The van der Waals surface area contributed by atoms with Crippen molar-refractivity contribution in [1.29, 1.82) is 0 Å². The van der Waals surface area contributed by atoms with Crippen LogP contribution in [-0.4, -0.2) is 47.3 Å². The Labute approximate surface area is 166 Å². The summed E-state index contributed by atoms with van der Waals surface area (Å²) in [7, 11) is 0. The van der Waals surface area contributed by atoms with E-state index >= 15 is 0 Å². The van der Waals surface area contributed by atoms with Crippen LogP contribution in [0.15, 0.2) is 48.5 Å². The number of aromatic carboxylic acids is 2. The van der Waals surface area contributed by atoms with Crippen LogP contribution < -0.4 is 0 Å². The van der Waals surface area contributed by atoms with E-state index in [1.165, 1.54) is 48.5 Å². The van der Waals surface area contributed by atoms with Crippen molar-refractivity contribution in [3.8, 4) is 0 Å². The highest BCUT2D eigenvalue weighted by atomic mass is 16.5. The maximum absolute atomic E-state index is 11.9. The molecule has 2 rings (SSSR count). The summed E-state index contributed by atoms with van der Waals surface area (Å²) in [4.78, 5) is 45.2. The van der Waals surface area contributed by atoms with Crippen LogP contribution in [-0.2, 0) is 9.47 Å². The quantitative estimate of drug-likeness (QED) is 0.459. The van der Waals surface area contributed by atoms with E-state index in [2.05, 4.69) is 0 Å². The Morgan fingerprint density at radius 3 is 1.17 bits per heavy atom. The molecule has 152 valence electrons. The fourth-order valence-corrected chi connectivity index (χ4v) is 2.38. The number of unbranched alkanes of at least 4 members (excludes halogenated alkanes) is 2. The summed E-state index contributed by atoms with van der Waals surface area (Å²) in [5.74, 6) is -3.19. The van der Waals surface area contributed by atoms with Gasteiger partial charge in [-0.15, -0.1) is 0 Å². The average Bonchev–Trinajstić information content (AvgIpc) is 2.72. The molecule has 29 heavy (non-hydrogen) atoms. The maximum Gasteiger partial charge on any atom is 0.338 e. The lowest BCUT2D eigenvalue weighted by Gasteiger charge is -2.06. The molecule has 0 amide bonds. The first kappa shape index (κ1) is 21.6. The van der Waals surface area contributed by atoms with Gasteiger partial charge in [-0.3, -0.25) is 0 Å². The van der Waals surface area contributed by atoms with Crippen molar-refractivity contribution in [2.45, 2.75) is 19.3 Å². The van der Waals surface area contributed by atoms with Gasteiger partial charge in [-0.1, -0.05) is 0 Å². The highest BCUT2D eigenvalue weighted by Gasteiger charge is 2.10. The van der Waals surface area contributed by atoms with Gasteiger partial charge in [0.05, 0.1) is 35.5 Å². The molecule has 0 unspecified atom stereocenters. The summed E-state index contributed by atoms with van der Waals surface area (Å²) in [5.41, 5.74) is 0.735. The standard InChI is InChI=1S/C21H20O8/c22-18(23)14-4-8-16(9-5-14)20(26)28-12-2-1-3-13-29-21(27)17-10-6-15(7-11-17)19(24)25/h4-11H,1-3,12-13H2,(H,22,23)(H,24,25). The van der Waals surface area contributed by atoms with Gasteiger partial charge in [-0.05, 0) is 67.8 Å². The topological polar surface area (TPSA) is 127 Å². The lowest BCUT2D eigenvalue weighted by molar-refractivity contribution is 0.0475. The zero-order chi connectivity index (χ0) is 21.2. The second-order valence-electron chi connectivity index (χ2n) is 6.10. The summed E-state index contributed by atoms with van der Waals surface area (Å²) in [6.45, 7) is 0.397. The summed E-state index contributed by atoms with van der Waals surface area (Å²) in [6.07, 6.45) is 1.85. The molecule has 0 atom stereocenters. The van der Waals surface area contributed by atoms with E-state index in [1.54, 1.807) is 0 Å². The highest BCUT2D eigenvalue weighted by molar-refractivity contribution is 5.93. The number of carbonyl (C=O) groups excluding carboxylic acids is 2. The van der Waals surface area contributed by atoms with Gasteiger partial charge in [0, 0.05) is 0 Å². The lowest BCUT2D eigenvalue weighted by atomic mass is 10.1. The first-order valence-corrected chi connectivity index (χ1v) is 8.89. The predicted octanol–water partition coefficient (Wildman–Crippen LogP) is 3.27. The first-order valence-electron chi connectivity index (χ1n) is 8.89. The Bertz CT molecular complexity index is 795. The Hall–Kier alpha value is -3.68. The van der Waals surface area contributed by atoms with Crippen LogP contribution in [0.25, 0.3) is 0 Å². The minimum absolute atomic E-state index is 0.0916. The van der Waals surface area contributed by atoms with Crippen molar-refractivity contribution in [3.05, 3.63) is 70.8 Å². The number of carboxylic acids is 2. The molecule has 0 heterocycles. The molecule has 0 fully saturated rings. The van der Waals surface area contributed by atoms with E-state index in [1.807, 2.05) is 0 Å². The van der Waals surface area contributed by atoms with Crippen LogP contribution in [0.1, 0.15) is 60.7 Å². The molecule has 0 bridgehead atoms. The number of esters is 2. The molecule has 0 saturated carbocycles. The molecule has 0 spiro atoms. The van der Waals surface area contributed by atoms with E-state index in [-0.39, 0.29) is 35.5 Å². The molecule has 8 nitrogen and oxygen atoms in total. The zero-order valence-electron chi connectivity index (χ0n) is 15.5. The monoisotopic (exact) mass is 400 g/mol. The normalized spacial score (nSPS) is 10.2. The summed E-state index contributed by atoms with van der Waals surface area (Å²) in [5, 5.41) is 17.6. The van der Waals surface area contributed by atoms with Crippen LogP contribution in [0.3, 0.4) is 0 Å². The number of hydrogen-bond acceptors (Lipinski definition) is 6. The van der Waals surface area contributed by atoms with Crippen molar-refractivity contribution in [1.82, 2.24) is 0 Å². The van der Waals surface area contributed by atoms with Gasteiger partial charge < -0.3 is 19.7 Å². The molecule has 8 heteroatoms. The molecular weight excluding hydrogens is 380 g/mol. The zero-order valence-corrected chi connectivity index (χ0v) is 15.5. The van der Waals surface area contributed by atoms with Gasteiger partial charge in [0.2, 0.25) is 0 Å². The molecule has 0 radical (unpaired) electrons. The Kier molecular flexibility index (Phi) is 7.90. The van der Waals surface area contributed by atoms with E-state index in [9.17, 15) is 19.2 Å². The maximum atomic E-state index is 11.9. The highest BCUT2D eigenvalue weighted by Crippen LogP contribution is 2.09. The third-order valence-electron chi connectivity index (χ3n) is 3.99. The van der Waals surface area contributed by atoms with Crippen molar-refractivity contribution in [3.63, 3.8) is 0 Å². The molecule has 0 aliphatic heterocycles. The van der Waals surface area contributed by atoms with E-state index < -0.39 is 23.9 Å². The lowest BCUT2D eigenvalue weighted by Crippen LogP contribution is -2.09. The second-order valence-corrected chi connectivity index (χ2v) is 6.10.